The molecule has 0 aromatic rings. The molecule has 1 aliphatic carbocycles. The van der Waals surface area contributed by atoms with E-state index in [9.17, 15) is 4.79 Å². The fraction of sp³-hybridized carbons (Fsp3) is 0.769. The highest BCUT2D eigenvalue weighted by Crippen LogP contribution is 2.22. The normalized spacial score (nSPS) is 30.8. The van der Waals surface area contributed by atoms with Crippen molar-refractivity contribution in [3.8, 4) is 0 Å². The molecule has 1 amide bonds. The molecule has 2 aliphatic rings. The van der Waals surface area contributed by atoms with E-state index in [1.54, 1.807) is 0 Å². The molecule has 0 saturated carbocycles. The van der Waals surface area contributed by atoms with Crippen molar-refractivity contribution >= 4 is 5.91 Å². The molecule has 2 atom stereocenters. The van der Waals surface area contributed by atoms with Crippen molar-refractivity contribution in [3.05, 3.63) is 12.2 Å². The van der Waals surface area contributed by atoms with Crippen LogP contribution in [0.4, 0.5) is 0 Å². The van der Waals surface area contributed by atoms with E-state index >= 15 is 0 Å². The van der Waals surface area contributed by atoms with Crippen molar-refractivity contribution in [2.75, 3.05) is 27.2 Å². The number of likely N-dealkylation sites (tertiary alicyclic amines) is 1. The van der Waals surface area contributed by atoms with Gasteiger partial charge in [-0.05, 0) is 39.4 Å². The quantitative estimate of drug-likeness (QED) is 0.709. The van der Waals surface area contributed by atoms with E-state index in [4.69, 9.17) is 5.73 Å². The highest BCUT2D eigenvalue weighted by atomic mass is 16.2. The number of hydrogen-bond donors (Lipinski definition) is 1. The number of carbonyl (C=O) groups excluding carboxylic acids is 1. The molecule has 0 aromatic carbocycles. The molecule has 0 aromatic heterocycles. The second-order valence-corrected chi connectivity index (χ2v) is 5.37. The van der Waals surface area contributed by atoms with Crippen molar-refractivity contribution in [1.29, 1.82) is 0 Å². The second kappa shape index (κ2) is 5.19. The third-order valence-electron chi connectivity index (χ3n) is 4.02. The zero-order valence-electron chi connectivity index (χ0n) is 10.8. The zero-order chi connectivity index (χ0) is 12.4. The summed E-state index contributed by atoms with van der Waals surface area (Å²) in [6, 6.07) is 0.471. The number of nitrogens with two attached hydrogens (primary N) is 1. The van der Waals surface area contributed by atoms with Crippen LogP contribution in [0.15, 0.2) is 12.2 Å². The molecule has 1 saturated heterocycles. The number of hydrogen-bond acceptors (Lipinski definition) is 3. The molecule has 0 radical (unpaired) electrons. The van der Waals surface area contributed by atoms with Crippen LogP contribution in [0.25, 0.3) is 0 Å². The van der Waals surface area contributed by atoms with Gasteiger partial charge in [0.25, 0.3) is 0 Å². The monoisotopic (exact) mass is 237 g/mol. The molecule has 1 heterocycles. The van der Waals surface area contributed by atoms with E-state index in [1.165, 1.54) is 0 Å². The Bertz CT molecular complexity index is 308. The summed E-state index contributed by atoms with van der Waals surface area (Å²) < 4.78 is 0. The highest BCUT2D eigenvalue weighted by Gasteiger charge is 2.30. The zero-order valence-corrected chi connectivity index (χ0v) is 10.8. The van der Waals surface area contributed by atoms with Gasteiger partial charge in [0.1, 0.15) is 0 Å². The SMILES string of the molecule is CN1CCC(N(C)C(=O)C2C=CC(N)C2)CC1. The van der Waals surface area contributed by atoms with Crippen molar-refractivity contribution in [1.82, 2.24) is 9.80 Å². The van der Waals surface area contributed by atoms with E-state index in [2.05, 4.69) is 11.9 Å². The minimum absolute atomic E-state index is 0.00894. The maximum atomic E-state index is 12.3. The van der Waals surface area contributed by atoms with Crippen LogP contribution < -0.4 is 5.73 Å². The summed E-state index contributed by atoms with van der Waals surface area (Å²) in [4.78, 5) is 16.5. The fourth-order valence-electron chi connectivity index (χ4n) is 2.73. The molecule has 4 heteroatoms. The first-order valence-corrected chi connectivity index (χ1v) is 6.47. The van der Waals surface area contributed by atoms with Crippen LogP contribution >= 0.6 is 0 Å². The van der Waals surface area contributed by atoms with Crippen LogP contribution in [0.5, 0.6) is 0 Å². The highest BCUT2D eigenvalue weighted by molar-refractivity contribution is 5.81. The van der Waals surface area contributed by atoms with Crippen LogP contribution in [0.1, 0.15) is 19.3 Å². The van der Waals surface area contributed by atoms with Gasteiger partial charge in [0.2, 0.25) is 5.91 Å². The predicted molar refractivity (Wildman–Crippen MR) is 68.5 cm³/mol. The van der Waals surface area contributed by atoms with Crippen molar-refractivity contribution in [2.45, 2.75) is 31.3 Å². The Morgan fingerprint density at radius 2 is 2.00 bits per heavy atom. The minimum atomic E-state index is 0.00894. The lowest BCUT2D eigenvalue weighted by molar-refractivity contribution is -0.135. The van der Waals surface area contributed by atoms with Gasteiger partial charge in [-0.3, -0.25) is 4.79 Å². The average Bonchev–Trinajstić information content (AvgIpc) is 2.75. The van der Waals surface area contributed by atoms with Gasteiger partial charge in [0.15, 0.2) is 0 Å². The van der Waals surface area contributed by atoms with Crippen molar-refractivity contribution in [2.24, 2.45) is 11.7 Å². The molecule has 96 valence electrons. The number of rotatable bonds is 2. The average molecular weight is 237 g/mol. The smallest absolute Gasteiger partial charge is 0.229 e. The van der Waals surface area contributed by atoms with E-state index in [0.29, 0.717) is 6.04 Å². The number of piperidine rings is 1. The van der Waals surface area contributed by atoms with Crippen LogP contribution in [0.2, 0.25) is 0 Å². The second-order valence-electron chi connectivity index (χ2n) is 5.37. The summed E-state index contributed by atoms with van der Waals surface area (Å²) in [6.07, 6.45) is 6.86. The molecule has 0 bridgehead atoms. The topological polar surface area (TPSA) is 49.6 Å². The van der Waals surface area contributed by atoms with Crippen molar-refractivity contribution < 1.29 is 4.79 Å². The number of carbonyl (C=O) groups is 1. The third kappa shape index (κ3) is 2.87. The van der Waals surface area contributed by atoms with Crippen molar-refractivity contribution in [3.63, 3.8) is 0 Å². The van der Waals surface area contributed by atoms with Gasteiger partial charge in [0.05, 0.1) is 5.92 Å². The first kappa shape index (κ1) is 12.6. The molecular formula is C13H23N3O. The van der Waals surface area contributed by atoms with E-state index in [0.717, 1.165) is 32.4 Å². The Labute approximate surface area is 103 Å². The molecule has 4 nitrogen and oxygen atoms in total. The van der Waals surface area contributed by atoms with Gasteiger partial charge in [-0.2, -0.15) is 0 Å². The van der Waals surface area contributed by atoms with Crippen LogP contribution in [0.3, 0.4) is 0 Å². The Morgan fingerprint density at radius 1 is 1.35 bits per heavy atom. The van der Waals surface area contributed by atoms with E-state index < -0.39 is 0 Å². The van der Waals surface area contributed by atoms with Gasteiger partial charge in [-0.15, -0.1) is 0 Å². The summed E-state index contributed by atoms with van der Waals surface area (Å²) in [5.41, 5.74) is 5.80. The summed E-state index contributed by atoms with van der Waals surface area (Å²) in [7, 11) is 4.08. The maximum absolute atomic E-state index is 12.3. The lowest BCUT2D eigenvalue weighted by atomic mass is 10.0. The Balaban J connectivity index is 1.89. The lowest BCUT2D eigenvalue weighted by Gasteiger charge is -2.36. The molecule has 1 aliphatic heterocycles. The van der Waals surface area contributed by atoms with Crippen LogP contribution in [-0.4, -0.2) is 55.0 Å². The van der Waals surface area contributed by atoms with Gasteiger partial charge in [0, 0.05) is 19.1 Å². The molecular weight excluding hydrogens is 214 g/mol. The fourth-order valence-corrected chi connectivity index (χ4v) is 2.73. The molecule has 17 heavy (non-hydrogen) atoms. The standard InChI is InChI=1S/C13H23N3O/c1-15-7-5-12(6-8-15)16(2)13(17)10-3-4-11(14)9-10/h3-4,10-12H,5-9,14H2,1-2H3. The molecule has 1 fully saturated rings. The first-order valence-electron chi connectivity index (χ1n) is 6.47. The van der Waals surface area contributed by atoms with E-state index in [-0.39, 0.29) is 17.9 Å². The number of amides is 1. The van der Waals surface area contributed by atoms with Gasteiger partial charge in [-0.25, -0.2) is 0 Å². The van der Waals surface area contributed by atoms with Gasteiger partial charge < -0.3 is 15.5 Å². The largest absolute Gasteiger partial charge is 0.342 e. The van der Waals surface area contributed by atoms with Gasteiger partial charge in [-0.1, -0.05) is 12.2 Å². The third-order valence-corrected chi connectivity index (χ3v) is 4.02. The summed E-state index contributed by atoms with van der Waals surface area (Å²) in [5, 5.41) is 0. The summed E-state index contributed by atoms with van der Waals surface area (Å²) in [5.74, 6) is 0.249. The van der Waals surface area contributed by atoms with E-state index in [1.807, 2.05) is 24.1 Å². The van der Waals surface area contributed by atoms with Gasteiger partial charge >= 0.3 is 0 Å². The Hall–Kier alpha value is -0.870. The number of nitrogens with zero attached hydrogens (tertiary/aromatic N) is 2. The molecule has 2 rings (SSSR count). The molecule has 0 spiro atoms. The first-order chi connectivity index (χ1) is 8.08. The Morgan fingerprint density at radius 3 is 2.53 bits per heavy atom. The maximum Gasteiger partial charge on any atom is 0.229 e. The molecule has 2 N–H and O–H groups in total. The Kier molecular flexibility index (Phi) is 3.84. The lowest BCUT2D eigenvalue weighted by Crippen LogP contribution is -2.46. The molecule has 2 unspecified atom stereocenters. The van der Waals surface area contributed by atoms with Crippen LogP contribution in [-0.2, 0) is 4.79 Å². The summed E-state index contributed by atoms with van der Waals surface area (Å²) >= 11 is 0. The van der Waals surface area contributed by atoms with Crippen LogP contribution in [0, 0.1) is 5.92 Å². The summed E-state index contributed by atoms with van der Waals surface area (Å²) in [6.45, 7) is 2.17. The predicted octanol–water partition coefficient (Wildman–Crippen LogP) is 0.442. The minimum Gasteiger partial charge on any atom is -0.342 e.